The molecule has 3 aromatic rings. The second kappa shape index (κ2) is 8.24. The molecule has 0 aliphatic carbocycles. The summed E-state index contributed by atoms with van der Waals surface area (Å²) in [5, 5.41) is 0. The van der Waals surface area contributed by atoms with E-state index in [1.165, 1.54) is 18.4 Å². The van der Waals surface area contributed by atoms with Gasteiger partial charge in [-0.15, -0.1) is 0 Å². The SMILES string of the molecule is C=C(C)Cn1c([C@H]2CC(=O)N(c3ccc(CCCC)cc3)C2)nc2ccccc21. The molecule has 4 heteroatoms. The highest BCUT2D eigenvalue weighted by molar-refractivity contribution is 5.96. The maximum absolute atomic E-state index is 12.8. The fourth-order valence-corrected chi connectivity index (χ4v) is 4.20. The molecule has 0 N–H and O–H groups in total. The van der Waals surface area contributed by atoms with E-state index in [0.717, 1.165) is 41.1 Å². The number of nitrogens with zero attached hydrogens (tertiary/aromatic N) is 3. The van der Waals surface area contributed by atoms with Gasteiger partial charge < -0.3 is 9.47 Å². The quantitative estimate of drug-likeness (QED) is 0.504. The van der Waals surface area contributed by atoms with Crippen molar-refractivity contribution in [3.63, 3.8) is 0 Å². The molecule has 1 amide bonds. The van der Waals surface area contributed by atoms with E-state index < -0.39 is 0 Å². The van der Waals surface area contributed by atoms with Crippen molar-refractivity contribution in [2.24, 2.45) is 0 Å². The number of benzene rings is 2. The number of unbranched alkanes of at least 4 members (excludes halogenated alkanes) is 1. The molecule has 1 aliphatic heterocycles. The molecule has 0 unspecified atom stereocenters. The maximum Gasteiger partial charge on any atom is 0.227 e. The van der Waals surface area contributed by atoms with Gasteiger partial charge in [0, 0.05) is 31.1 Å². The Balaban J connectivity index is 1.60. The van der Waals surface area contributed by atoms with Gasteiger partial charge in [0.15, 0.2) is 0 Å². The van der Waals surface area contributed by atoms with Crippen LogP contribution in [0.4, 0.5) is 5.69 Å². The van der Waals surface area contributed by atoms with E-state index in [2.05, 4.69) is 48.4 Å². The van der Waals surface area contributed by atoms with Crippen molar-refractivity contribution >= 4 is 22.6 Å². The Morgan fingerprint density at radius 1 is 1.17 bits per heavy atom. The smallest absolute Gasteiger partial charge is 0.227 e. The summed E-state index contributed by atoms with van der Waals surface area (Å²) in [4.78, 5) is 19.7. The first-order valence-electron chi connectivity index (χ1n) is 10.6. The summed E-state index contributed by atoms with van der Waals surface area (Å²) in [5.41, 5.74) is 5.49. The lowest BCUT2D eigenvalue weighted by atomic mass is 10.1. The summed E-state index contributed by atoms with van der Waals surface area (Å²) in [6, 6.07) is 16.7. The molecule has 1 fully saturated rings. The standard InChI is InChI=1S/C25H29N3O/c1-4-5-8-19-11-13-21(14-12-19)27-17-20(15-24(27)29)25-26-22-9-6-7-10-23(22)28(25)16-18(2)3/h6-7,9-14,20H,2,4-5,8,15-17H2,1,3H3/t20-/m0/s1. The average molecular weight is 388 g/mol. The molecule has 0 radical (unpaired) electrons. The van der Waals surface area contributed by atoms with Crippen molar-refractivity contribution in [3.8, 4) is 0 Å². The topological polar surface area (TPSA) is 38.1 Å². The van der Waals surface area contributed by atoms with Gasteiger partial charge in [0.2, 0.25) is 5.91 Å². The van der Waals surface area contributed by atoms with E-state index in [1.54, 1.807) is 0 Å². The number of hydrogen-bond acceptors (Lipinski definition) is 2. The third kappa shape index (κ3) is 3.98. The van der Waals surface area contributed by atoms with Crippen LogP contribution in [0.3, 0.4) is 0 Å². The number of amides is 1. The number of carbonyl (C=O) groups excluding carboxylic acids is 1. The summed E-state index contributed by atoms with van der Waals surface area (Å²) in [5.74, 6) is 1.25. The van der Waals surface area contributed by atoms with Crippen LogP contribution in [0.15, 0.2) is 60.7 Å². The minimum atomic E-state index is 0.0917. The van der Waals surface area contributed by atoms with E-state index in [0.29, 0.717) is 13.0 Å². The highest BCUT2D eigenvalue weighted by atomic mass is 16.2. The van der Waals surface area contributed by atoms with Crippen LogP contribution in [0.5, 0.6) is 0 Å². The third-order valence-electron chi connectivity index (χ3n) is 5.67. The zero-order valence-corrected chi connectivity index (χ0v) is 17.4. The molecule has 2 heterocycles. The number of rotatable bonds is 7. The Morgan fingerprint density at radius 3 is 2.66 bits per heavy atom. The van der Waals surface area contributed by atoms with Gasteiger partial charge in [-0.3, -0.25) is 4.79 Å². The number of carbonyl (C=O) groups is 1. The minimum Gasteiger partial charge on any atom is -0.324 e. The normalized spacial score (nSPS) is 16.7. The van der Waals surface area contributed by atoms with Gasteiger partial charge in [0.05, 0.1) is 11.0 Å². The van der Waals surface area contributed by atoms with Gasteiger partial charge in [-0.25, -0.2) is 4.98 Å². The molecule has 1 aliphatic rings. The van der Waals surface area contributed by atoms with E-state index >= 15 is 0 Å². The van der Waals surface area contributed by atoms with Crippen LogP contribution in [-0.2, 0) is 17.8 Å². The molecule has 4 rings (SSSR count). The molecule has 2 aromatic carbocycles. The number of aryl methyl sites for hydroxylation is 1. The van der Waals surface area contributed by atoms with Crippen LogP contribution < -0.4 is 4.90 Å². The molecule has 29 heavy (non-hydrogen) atoms. The van der Waals surface area contributed by atoms with Gasteiger partial charge in [0.25, 0.3) is 0 Å². The molecule has 1 aromatic heterocycles. The van der Waals surface area contributed by atoms with Crippen molar-refractivity contribution < 1.29 is 4.79 Å². The zero-order chi connectivity index (χ0) is 20.4. The van der Waals surface area contributed by atoms with Crippen molar-refractivity contribution in [3.05, 3.63) is 72.1 Å². The Labute approximate surface area is 172 Å². The monoisotopic (exact) mass is 387 g/mol. The van der Waals surface area contributed by atoms with Gasteiger partial charge in [-0.1, -0.05) is 49.8 Å². The number of anilines is 1. The summed E-state index contributed by atoms with van der Waals surface area (Å²) in [7, 11) is 0. The lowest BCUT2D eigenvalue weighted by Crippen LogP contribution is -2.24. The van der Waals surface area contributed by atoms with Gasteiger partial charge in [0.1, 0.15) is 5.82 Å². The van der Waals surface area contributed by atoms with Crippen LogP contribution in [0.2, 0.25) is 0 Å². The second-order valence-corrected chi connectivity index (χ2v) is 8.18. The van der Waals surface area contributed by atoms with E-state index in [-0.39, 0.29) is 11.8 Å². The predicted molar refractivity (Wildman–Crippen MR) is 119 cm³/mol. The molecular weight excluding hydrogens is 358 g/mol. The third-order valence-corrected chi connectivity index (χ3v) is 5.67. The Morgan fingerprint density at radius 2 is 1.93 bits per heavy atom. The summed E-state index contributed by atoms with van der Waals surface area (Å²) >= 11 is 0. The van der Waals surface area contributed by atoms with Gasteiger partial charge >= 0.3 is 0 Å². The van der Waals surface area contributed by atoms with Crippen molar-refractivity contribution in [2.75, 3.05) is 11.4 Å². The molecule has 4 nitrogen and oxygen atoms in total. The molecule has 0 saturated carbocycles. The molecule has 0 bridgehead atoms. The molecule has 150 valence electrons. The molecule has 1 atom stereocenters. The summed E-state index contributed by atoms with van der Waals surface area (Å²) in [6.45, 7) is 9.73. The van der Waals surface area contributed by atoms with Crippen molar-refractivity contribution in [1.82, 2.24) is 9.55 Å². The van der Waals surface area contributed by atoms with E-state index in [1.807, 2.05) is 30.0 Å². The number of fused-ring (bicyclic) bond motifs is 1. The Kier molecular flexibility index (Phi) is 5.52. The maximum atomic E-state index is 12.8. The lowest BCUT2D eigenvalue weighted by molar-refractivity contribution is -0.117. The molecule has 1 saturated heterocycles. The first-order chi connectivity index (χ1) is 14.1. The Hall–Kier alpha value is -2.88. The largest absolute Gasteiger partial charge is 0.324 e. The number of imidazole rings is 1. The highest BCUT2D eigenvalue weighted by Gasteiger charge is 2.34. The van der Waals surface area contributed by atoms with Gasteiger partial charge in [-0.2, -0.15) is 0 Å². The fourth-order valence-electron chi connectivity index (χ4n) is 4.20. The minimum absolute atomic E-state index is 0.0917. The van der Waals surface area contributed by atoms with Crippen LogP contribution >= 0.6 is 0 Å². The molecule has 0 spiro atoms. The van der Waals surface area contributed by atoms with Crippen LogP contribution in [0.1, 0.15) is 50.4 Å². The van der Waals surface area contributed by atoms with Crippen molar-refractivity contribution in [1.29, 1.82) is 0 Å². The van der Waals surface area contributed by atoms with Crippen LogP contribution in [-0.4, -0.2) is 22.0 Å². The first kappa shape index (κ1) is 19.4. The zero-order valence-electron chi connectivity index (χ0n) is 17.4. The van der Waals surface area contributed by atoms with Crippen LogP contribution in [0, 0.1) is 0 Å². The summed E-state index contributed by atoms with van der Waals surface area (Å²) < 4.78 is 2.23. The lowest BCUT2D eigenvalue weighted by Gasteiger charge is -2.18. The number of aromatic nitrogens is 2. The molecular formula is C25H29N3O. The van der Waals surface area contributed by atoms with Crippen LogP contribution in [0.25, 0.3) is 11.0 Å². The average Bonchev–Trinajstić information content (AvgIpc) is 3.27. The first-order valence-corrected chi connectivity index (χ1v) is 10.6. The highest BCUT2D eigenvalue weighted by Crippen LogP contribution is 2.33. The number of allylic oxidation sites excluding steroid dienone is 1. The Bertz CT molecular complexity index is 1030. The van der Waals surface area contributed by atoms with Gasteiger partial charge in [-0.05, 0) is 49.6 Å². The number of hydrogen-bond donors (Lipinski definition) is 0. The predicted octanol–water partition coefficient (Wildman–Crippen LogP) is 5.48. The summed E-state index contributed by atoms with van der Waals surface area (Å²) in [6.07, 6.45) is 3.98. The fraction of sp³-hybridized carbons (Fsp3) is 0.360. The van der Waals surface area contributed by atoms with E-state index in [4.69, 9.17) is 4.98 Å². The second-order valence-electron chi connectivity index (χ2n) is 8.18. The van der Waals surface area contributed by atoms with Crippen molar-refractivity contribution in [2.45, 2.75) is 52.0 Å². The van der Waals surface area contributed by atoms with E-state index in [9.17, 15) is 4.79 Å². The number of para-hydroxylation sites is 2.